The van der Waals surface area contributed by atoms with Crippen LogP contribution < -0.4 is 0 Å². The molecule has 0 amide bonds. The van der Waals surface area contributed by atoms with Crippen molar-refractivity contribution in [2.45, 2.75) is 59.3 Å². The van der Waals surface area contributed by atoms with Gasteiger partial charge >= 0.3 is 5.97 Å². The lowest BCUT2D eigenvalue weighted by molar-refractivity contribution is -0.140. The maximum Gasteiger partial charge on any atom is 0.313 e. The van der Waals surface area contributed by atoms with Gasteiger partial charge in [0.05, 0.1) is 7.11 Å². The van der Waals surface area contributed by atoms with Gasteiger partial charge in [0, 0.05) is 6.42 Å². The van der Waals surface area contributed by atoms with Crippen molar-refractivity contribution in [1.29, 1.82) is 0 Å². The van der Waals surface area contributed by atoms with Gasteiger partial charge in [0.2, 0.25) is 0 Å². The Labute approximate surface area is 116 Å². The number of furan rings is 1. The Morgan fingerprint density at radius 2 is 2.16 bits per heavy atom. The standard InChI is InChI=1S/C16H26O3/c1-5-7-8-12(3)9-14-10-13(6-2)15(19-14)11-16(17)18-4/h10,12H,5-9,11H2,1-4H3. The molecule has 3 heteroatoms. The second-order valence-electron chi connectivity index (χ2n) is 5.22. The Morgan fingerprint density at radius 3 is 2.74 bits per heavy atom. The van der Waals surface area contributed by atoms with E-state index < -0.39 is 0 Å². The van der Waals surface area contributed by atoms with Crippen LogP contribution in [0.4, 0.5) is 0 Å². The molecule has 1 heterocycles. The number of hydrogen-bond donors (Lipinski definition) is 0. The number of carbonyl (C=O) groups excluding carboxylic acids is 1. The molecule has 0 aromatic carbocycles. The topological polar surface area (TPSA) is 39.4 Å². The third kappa shape index (κ3) is 5.09. The SMILES string of the molecule is CCCCC(C)Cc1cc(CC)c(CC(=O)OC)o1. The average molecular weight is 266 g/mol. The number of esters is 1. The van der Waals surface area contributed by atoms with E-state index in [1.807, 2.05) is 0 Å². The van der Waals surface area contributed by atoms with Crippen molar-refractivity contribution >= 4 is 5.97 Å². The summed E-state index contributed by atoms with van der Waals surface area (Å²) in [6, 6.07) is 2.10. The first-order chi connectivity index (χ1) is 9.10. The molecule has 1 aromatic rings. The van der Waals surface area contributed by atoms with E-state index in [0.29, 0.717) is 5.92 Å². The van der Waals surface area contributed by atoms with E-state index in [4.69, 9.17) is 9.15 Å². The summed E-state index contributed by atoms with van der Waals surface area (Å²) in [7, 11) is 1.41. The van der Waals surface area contributed by atoms with Gasteiger partial charge < -0.3 is 9.15 Å². The van der Waals surface area contributed by atoms with Gasteiger partial charge in [0.15, 0.2) is 0 Å². The smallest absolute Gasteiger partial charge is 0.313 e. The lowest BCUT2D eigenvalue weighted by atomic mass is 9.99. The summed E-state index contributed by atoms with van der Waals surface area (Å²) in [5.41, 5.74) is 1.13. The Morgan fingerprint density at radius 1 is 1.42 bits per heavy atom. The van der Waals surface area contributed by atoms with E-state index in [1.54, 1.807) is 0 Å². The second-order valence-corrected chi connectivity index (χ2v) is 5.22. The van der Waals surface area contributed by atoms with E-state index in [2.05, 4.69) is 26.8 Å². The highest BCUT2D eigenvalue weighted by Crippen LogP contribution is 2.22. The van der Waals surface area contributed by atoms with Gasteiger partial charge in [-0.1, -0.05) is 40.0 Å². The molecular weight excluding hydrogens is 240 g/mol. The van der Waals surface area contributed by atoms with Crippen LogP contribution in [0.3, 0.4) is 0 Å². The van der Waals surface area contributed by atoms with E-state index in [9.17, 15) is 4.79 Å². The number of hydrogen-bond acceptors (Lipinski definition) is 3. The first-order valence-corrected chi connectivity index (χ1v) is 7.27. The predicted molar refractivity (Wildman–Crippen MR) is 76.2 cm³/mol. The van der Waals surface area contributed by atoms with E-state index in [0.717, 1.165) is 29.9 Å². The molecule has 19 heavy (non-hydrogen) atoms. The summed E-state index contributed by atoms with van der Waals surface area (Å²) in [6.07, 6.45) is 5.80. The summed E-state index contributed by atoms with van der Waals surface area (Å²) in [6.45, 7) is 6.54. The lowest BCUT2D eigenvalue weighted by Crippen LogP contribution is -2.05. The van der Waals surface area contributed by atoms with Gasteiger partial charge in [-0.15, -0.1) is 0 Å². The molecule has 0 saturated heterocycles. The Kier molecular flexibility index (Phi) is 6.68. The number of rotatable bonds is 8. The third-order valence-electron chi connectivity index (χ3n) is 3.46. The molecule has 0 fully saturated rings. The van der Waals surface area contributed by atoms with Crippen molar-refractivity contribution in [2.75, 3.05) is 7.11 Å². The zero-order chi connectivity index (χ0) is 14.3. The normalized spacial score (nSPS) is 12.4. The van der Waals surface area contributed by atoms with Gasteiger partial charge in [0.1, 0.15) is 17.9 Å². The molecule has 0 aliphatic carbocycles. The summed E-state index contributed by atoms with van der Waals surface area (Å²) >= 11 is 0. The van der Waals surface area contributed by atoms with Gasteiger partial charge in [-0.25, -0.2) is 0 Å². The molecule has 0 spiro atoms. The average Bonchev–Trinajstić information content (AvgIpc) is 2.77. The molecule has 1 rings (SSSR count). The first kappa shape index (κ1) is 15.8. The summed E-state index contributed by atoms with van der Waals surface area (Å²) in [4.78, 5) is 11.3. The van der Waals surface area contributed by atoms with Crippen molar-refractivity contribution in [3.05, 3.63) is 23.2 Å². The maximum atomic E-state index is 11.3. The zero-order valence-electron chi connectivity index (χ0n) is 12.6. The van der Waals surface area contributed by atoms with Gasteiger partial charge in [-0.05, 0) is 24.0 Å². The van der Waals surface area contributed by atoms with E-state index in [-0.39, 0.29) is 12.4 Å². The molecular formula is C16H26O3. The fourth-order valence-electron chi connectivity index (χ4n) is 2.28. The fourth-order valence-corrected chi connectivity index (χ4v) is 2.28. The van der Waals surface area contributed by atoms with Crippen LogP contribution in [-0.2, 0) is 28.8 Å². The number of ether oxygens (including phenoxy) is 1. The minimum absolute atomic E-state index is 0.239. The lowest BCUT2D eigenvalue weighted by Gasteiger charge is -2.07. The van der Waals surface area contributed by atoms with Crippen LogP contribution in [0.5, 0.6) is 0 Å². The fraction of sp³-hybridized carbons (Fsp3) is 0.688. The van der Waals surface area contributed by atoms with Crippen LogP contribution in [0.25, 0.3) is 0 Å². The van der Waals surface area contributed by atoms with Crippen LogP contribution in [0.1, 0.15) is 57.1 Å². The number of unbranched alkanes of at least 4 members (excludes halogenated alkanes) is 1. The molecule has 108 valence electrons. The summed E-state index contributed by atoms with van der Waals surface area (Å²) in [5, 5.41) is 0. The first-order valence-electron chi connectivity index (χ1n) is 7.27. The predicted octanol–water partition coefficient (Wildman–Crippen LogP) is 3.93. The van der Waals surface area contributed by atoms with Gasteiger partial charge in [0.25, 0.3) is 0 Å². The number of carbonyl (C=O) groups is 1. The van der Waals surface area contributed by atoms with Crippen molar-refractivity contribution < 1.29 is 13.9 Å². The van der Waals surface area contributed by atoms with E-state index in [1.165, 1.54) is 26.4 Å². The Balaban J connectivity index is 2.67. The summed E-state index contributed by atoms with van der Waals surface area (Å²) in [5.74, 6) is 2.16. The van der Waals surface area contributed by atoms with Crippen LogP contribution in [0, 0.1) is 5.92 Å². The van der Waals surface area contributed by atoms with Crippen LogP contribution in [-0.4, -0.2) is 13.1 Å². The molecule has 0 bridgehead atoms. The molecule has 1 aromatic heterocycles. The van der Waals surface area contributed by atoms with Gasteiger partial charge in [-0.3, -0.25) is 4.79 Å². The van der Waals surface area contributed by atoms with Crippen molar-refractivity contribution in [1.82, 2.24) is 0 Å². The maximum absolute atomic E-state index is 11.3. The molecule has 3 nitrogen and oxygen atoms in total. The van der Waals surface area contributed by atoms with Crippen molar-refractivity contribution in [3.63, 3.8) is 0 Å². The Hall–Kier alpha value is -1.25. The summed E-state index contributed by atoms with van der Waals surface area (Å²) < 4.78 is 10.5. The van der Waals surface area contributed by atoms with Gasteiger partial charge in [-0.2, -0.15) is 0 Å². The zero-order valence-corrected chi connectivity index (χ0v) is 12.6. The highest BCUT2D eigenvalue weighted by atomic mass is 16.5. The van der Waals surface area contributed by atoms with Crippen LogP contribution >= 0.6 is 0 Å². The van der Waals surface area contributed by atoms with Crippen molar-refractivity contribution in [3.8, 4) is 0 Å². The van der Waals surface area contributed by atoms with Crippen LogP contribution in [0.2, 0.25) is 0 Å². The molecule has 0 aliphatic heterocycles. The second kappa shape index (κ2) is 8.03. The minimum atomic E-state index is -0.241. The largest absolute Gasteiger partial charge is 0.469 e. The quantitative estimate of drug-likeness (QED) is 0.669. The third-order valence-corrected chi connectivity index (χ3v) is 3.46. The van der Waals surface area contributed by atoms with Crippen LogP contribution in [0.15, 0.2) is 10.5 Å². The minimum Gasteiger partial charge on any atom is -0.469 e. The van der Waals surface area contributed by atoms with E-state index >= 15 is 0 Å². The Bertz CT molecular complexity index is 393. The molecule has 1 atom stereocenters. The monoisotopic (exact) mass is 266 g/mol. The molecule has 0 aliphatic rings. The van der Waals surface area contributed by atoms with Crippen molar-refractivity contribution in [2.24, 2.45) is 5.92 Å². The highest BCUT2D eigenvalue weighted by molar-refractivity contribution is 5.72. The molecule has 0 N–H and O–H groups in total. The molecule has 1 unspecified atom stereocenters. The molecule has 0 saturated carbocycles. The molecule has 0 radical (unpaired) electrons. The number of aryl methyl sites for hydroxylation is 1. The highest BCUT2D eigenvalue weighted by Gasteiger charge is 2.15. The number of methoxy groups -OCH3 is 1.